The normalized spacial score (nSPS) is 9.94. The van der Waals surface area contributed by atoms with E-state index in [9.17, 15) is 14.9 Å². The first-order chi connectivity index (χ1) is 8.32. The Bertz CT molecular complexity index is 529. The molecule has 1 amide bonds. The third-order valence-corrected chi connectivity index (χ3v) is 2.82. The highest BCUT2D eigenvalue weighted by Gasteiger charge is 2.19. The summed E-state index contributed by atoms with van der Waals surface area (Å²) in [5.41, 5.74) is 0.429. The van der Waals surface area contributed by atoms with Crippen LogP contribution < -0.4 is 5.32 Å². The van der Waals surface area contributed by atoms with E-state index < -0.39 is 10.8 Å². The lowest BCUT2D eigenvalue weighted by atomic mass is 10.2. The molecule has 0 aliphatic rings. The molecule has 7 heteroatoms. The average Bonchev–Trinajstić information content (AvgIpc) is 2.29. The number of carbonyl (C=O) groups is 1. The number of nitro groups is 1. The van der Waals surface area contributed by atoms with Gasteiger partial charge in [-0.2, -0.15) is 0 Å². The van der Waals surface area contributed by atoms with Crippen molar-refractivity contribution in [3.05, 3.63) is 50.0 Å². The molecule has 0 radical (unpaired) electrons. The van der Waals surface area contributed by atoms with Crippen molar-refractivity contribution in [2.45, 2.75) is 6.92 Å². The maximum Gasteiger partial charge on any atom is 0.271 e. The first-order valence-corrected chi connectivity index (χ1v) is 5.64. The van der Waals surface area contributed by atoms with E-state index in [2.05, 4.69) is 11.9 Å². The van der Waals surface area contributed by atoms with Crippen molar-refractivity contribution in [2.24, 2.45) is 0 Å². The molecule has 0 spiro atoms. The van der Waals surface area contributed by atoms with Crippen LogP contribution in [-0.4, -0.2) is 17.4 Å². The molecule has 0 fully saturated rings. The highest BCUT2D eigenvalue weighted by molar-refractivity contribution is 6.44. The Hall–Kier alpha value is -1.59. The number of nitro benzene ring substituents is 1. The molecule has 1 aromatic carbocycles. The predicted octanol–water partition coefficient (Wildman–Crippen LogP) is 3.21. The highest BCUT2D eigenvalue weighted by atomic mass is 35.5. The van der Waals surface area contributed by atoms with Crippen molar-refractivity contribution in [1.82, 2.24) is 5.32 Å². The van der Waals surface area contributed by atoms with E-state index in [0.29, 0.717) is 0 Å². The molecule has 0 saturated heterocycles. The summed E-state index contributed by atoms with van der Waals surface area (Å²) in [6, 6.07) is 2.18. The zero-order valence-electron chi connectivity index (χ0n) is 9.50. The SMILES string of the molecule is C=C(C)CNC(=O)c1cc([N+](=O)[O-])cc(Cl)c1Cl. The third kappa shape index (κ3) is 3.45. The Morgan fingerprint density at radius 1 is 1.50 bits per heavy atom. The first kappa shape index (κ1) is 14.5. The first-order valence-electron chi connectivity index (χ1n) is 4.89. The zero-order chi connectivity index (χ0) is 13.9. The predicted molar refractivity (Wildman–Crippen MR) is 70.3 cm³/mol. The van der Waals surface area contributed by atoms with Gasteiger partial charge in [-0.05, 0) is 6.92 Å². The number of carbonyl (C=O) groups excluding carboxylic acids is 1. The monoisotopic (exact) mass is 288 g/mol. The molecule has 0 unspecified atom stereocenters. The van der Waals surface area contributed by atoms with Gasteiger partial charge in [0.25, 0.3) is 11.6 Å². The lowest BCUT2D eigenvalue weighted by Gasteiger charge is -2.07. The van der Waals surface area contributed by atoms with Crippen molar-refractivity contribution >= 4 is 34.8 Å². The number of benzene rings is 1. The van der Waals surface area contributed by atoms with Gasteiger partial charge >= 0.3 is 0 Å². The van der Waals surface area contributed by atoms with Crippen LogP contribution in [0.4, 0.5) is 5.69 Å². The second-order valence-electron chi connectivity index (χ2n) is 3.69. The Labute approximate surface area is 114 Å². The molecular weight excluding hydrogens is 279 g/mol. The fourth-order valence-electron chi connectivity index (χ4n) is 1.17. The Morgan fingerprint density at radius 2 is 2.11 bits per heavy atom. The number of nitrogens with zero attached hydrogens (tertiary/aromatic N) is 1. The van der Waals surface area contributed by atoms with Gasteiger partial charge in [0.1, 0.15) is 0 Å². The number of rotatable bonds is 4. The van der Waals surface area contributed by atoms with Crippen molar-refractivity contribution in [3.8, 4) is 0 Å². The van der Waals surface area contributed by atoms with Crippen molar-refractivity contribution in [2.75, 3.05) is 6.54 Å². The number of hydrogen-bond acceptors (Lipinski definition) is 3. The van der Waals surface area contributed by atoms with Gasteiger partial charge in [0.2, 0.25) is 0 Å². The number of halogens is 2. The minimum atomic E-state index is -0.641. The largest absolute Gasteiger partial charge is 0.348 e. The summed E-state index contributed by atoms with van der Waals surface area (Å²) >= 11 is 11.6. The lowest BCUT2D eigenvalue weighted by molar-refractivity contribution is -0.384. The lowest BCUT2D eigenvalue weighted by Crippen LogP contribution is -2.25. The van der Waals surface area contributed by atoms with Crippen LogP contribution in [0.5, 0.6) is 0 Å². The maximum atomic E-state index is 11.8. The van der Waals surface area contributed by atoms with E-state index in [1.807, 2.05) is 0 Å². The van der Waals surface area contributed by atoms with Crippen LogP contribution >= 0.6 is 23.2 Å². The van der Waals surface area contributed by atoms with Crippen LogP contribution in [0.15, 0.2) is 24.3 Å². The summed E-state index contributed by atoms with van der Waals surface area (Å²) in [6.45, 7) is 5.62. The fraction of sp³-hybridized carbons (Fsp3) is 0.182. The van der Waals surface area contributed by atoms with E-state index >= 15 is 0 Å². The zero-order valence-corrected chi connectivity index (χ0v) is 11.0. The van der Waals surface area contributed by atoms with Gasteiger partial charge in [-0.3, -0.25) is 14.9 Å². The molecule has 96 valence electrons. The molecule has 0 bridgehead atoms. The molecular formula is C11H10Cl2N2O3. The smallest absolute Gasteiger partial charge is 0.271 e. The van der Waals surface area contributed by atoms with Crippen molar-refractivity contribution < 1.29 is 9.72 Å². The number of nitrogens with one attached hydrogen (secondary N) is 1. The molecule has 0 aliphatic heterocycles. The molecule has 0 saturated carbocycles. The molecule has 0 heterocycles. The van der Waals surface area contributed by atoms with Crippen LogP contribution in [0.1, 0.15) is 17.3 Å². The molecule has 0 aliphatic carbocycles. The van der Waals surface area contributed by atoms with Crippen LogP contribution in [0.25, 0.3) is 0 Å². The molecule has 18 heavy (non-hydrogen) atoms. The minimum absolute atomic E-state index is 0.0125. The summed E-state index contributed by atoms with van der Waals surface area (Å²) < 4.78 is 0. The fourth-order valence-corrected chi connectivity index (χ4v) is 1.58. The number of amides is 1. The average molecular weight is 289 g/mol. The Morgan fingerprint density at radius 3 is 2.61 bits per heavy atom. The van der Waals surface area contributed by atoms with Gasteiger partial charge in [0.15, 0.2) is 0 Å². The van der Waals surface area contributed by atoms with Crippen LogP contribution in [0.3, 0.4) is 0 Å². The molecule has 0 atom stereocenters. The Kier molecular flexibility index (Phi) is 4.69. The summed E-state index contributed by atoms with van der Waals surface area (Å²) in [7, 11) is 0. The number of hydrogen-bond donors (Lipinski definition) is 1. The maximum absolute atomic E-state index is 11.8. The second-order valence-corrected chi connectivity index (χ2v) is 4.47. The van der Waals surface area contributed by atoms with E-state index in [1.54, 1.807) is 6.92 Å². The van der Waals surface area contributed by atoms with Crippen molar-refractivity contribution in [3.63, 3.8) is 0 Å². The molecule has 0 aromatic heterocycles. The molecule has 1 N–H and O–H groups in total. The van der Waals surface area contributed by atoms with Gasteiger partial charge in [-0.25, -0.2) is 0 Å². The van der Waals surface area contributed by atoms with Gasteiger partial charge < -0.3 is 5.32 Å². The molecule has 1 rings (SSSR count). The van der Waals surface area contributed by atoms with Gasteiger partial charge in [0.05, 0.1) is 20.5 Å². The molecule has 5 nitrogen and oxygen atoms in total. The van der Waals surface area contributed by atoms with E-state index in [-0.39, 0.29) is 27.8 Å². The summed E-state index contributed by atoms with van der Waals surface area (Å²) in [5.74, 6) is -0.534. The van der Waals surface area contributed by atoms with Gasteiger partial charge in [-0.15, -0.1) is 0 Å². The van der Waals surface area contributed by atoms with Crippen molar-refractivity contribution in [1.29, 1.82) is 0 Å². The van der Waals surface area contributed by atoms with Crippen LogP contribution in [-0.2, 0) is 0 Å². The third-order valence-electron chi connectivity index (χ3n) is 2.02. The van der Waals surface area contributed by atoms with E-state index in [4.69, 9.17) is 23.2 Å². The van der Waals surface area contributed by atoms with Crippen LogP contribution in [0, 0.1) is 10.1 Å². The summed E-state index contributed by atoms with van der Waals surface area (Å²) in [6.07, 6.45) is 0. The minimum Gasteiger partial charge on any atom is -0.348 e. The second kappa shape index (κ2) is 5.84. The van der Waals surface area contributed by atoms with E-state index in [1.165, 1.54) is 0 Å². The van der Waals surface area contributed by atoms with Gasteiger partial charge in [0, 0.05) is 18.7 Å². The quantitative estimate of drug-likeness (QED) is 0.525. The van der Waals surface area contributed by atoms with E-state index in [0.717, 1.165) is 17.7 Å². The topological polar surface area (TPSA) is 72.2 Å². The van der Waals surface area contributed by atoms with Crippen LogP contribution in [0.2, 0.25) is 10.0 Å². The van der Waals surface area contributed by atoms with Gasteiger partial charge in [-0.1, -0.05) is 35.4 Å². The summed E-state index contributed by atoms with van der Waals surface area (Å²) in [5, 5.41) is 13.1. The number of non-ortho nitro benzene ring substituents is 1. The summed E-state index contributed by atoms with van der Waals surface area (Å²) in [4.78, 5) is 21.8. The standard InChI is InChI=1S/C11H10Cl2N2O3/c1-6(2)5-14-11(16)8-3-7(15(17)18)4-9(12)10(8)13/h3-4H,1,5H2,2H3,(H,14,16). The molecule has 1 aromatic rings. The highest BCUT2D eigenvalue weighted by Crippen LogP contribution is 2.30. The Balaban J connectivity index is 3.10.